The highest BCUT2D eigenvalue weighted by atomic mass is 35.5. The summed E-state index contributed by atoms with van der Waals surface area (Å²) in [6.45, 7) is 5.97. The zero-order chi connectivity index (χ0) is 14.0. The highest BCUT2D eigenvalue weighted by Crippen LogP contribution is 2.21. The van der Waals surface area contributed by atoms with Gasteiger partial charge >= 0.3 is 0 Å². The number of hydrogen-bond donors (Lipinski definition) is 0. The van der Waals surface area contributed by atoms with E-state index < -0.39 is 0 Å². The van der Waals surface area contributed by atoms with Gasteiger partial charge in [0.1, 0.15) is 11.0 Å². The van der Waals surface area contributed by atoms with E-state index in [9.17, 15) is 4.39 Å². The van der Waals surface area contributed by atoms with E-state index in [4.69, 9.17) is 11.6 Å². The Morgan fingerprint density at radius 1 is 1.21 bits per heavy atom. The van der Waals surface area contributed by atoms with Crippen molar-refractivity contribution in [1.82, 2.24) is 9.97 Å². The average Bonchev–Trinajstić information content (AvgIpc) is 2.31. The smallest absolute Gasteiger partial charge is 0.161 e. The van der Waals surface area contributed by atoms with Crippen LogP contribution in [0.3, 0.4) is 0 Å². The van der Waals surface area contributed by atoms with Crippen molar-refractivity contribution in [3.8, 4) is 11.4 Å². The first kappa shape index (κ1) is 13.9. The molecule has 100 valence electrons. The van der Waals surface area contributed by atoms with Crippen molar-refractivity contribution in [3.05, 3.63) is 46.5 Å². The van der Waals surface area contributed by atoms with Gasteiger partial charge in [0.05, 0.1) is 0 Å². The van der Waals surface area contributed by atoms with Crippen LogP contribution in [0.15, 0.2) is 24.3 Å². The van der Waals surface area contributed by atoms with E-state index in [0.717, 1.165) is 17.7 Å². The maximum absolute atomic E-state index is 13.3. The lowest BCUT2D eigenvalue weighted by Gasteiger charge is -2.08. The molecule has 0 N–H and O–H groups in total. The lowest BCUT2D eigenvalue weighted by atomic mass is 10.1. The molecule has 4 heteroatoms. The van der Waals surface area contributed by atoms with Crippen molar-refractivity contribution in [3.63, 3.8) is 0 Å². The minimum atomic E-state index is -0.229. The van der Waals surface area contributed by atoms with Crippen LogP contribution >= 0.6 is 11.6 Å². The molecule has 1 aromatic carbocycles. The molecule has 1 heterocycles. The zero-order valence-electron chi connectivity index (χ0n) is 11.2. The SMILES string of the molecule is Cc1cc(-c2nc(Cl)cc(CC(C)C)n2)ccc1F. The molecule has 2 nitrogen and oxygen atoms in total. The minimum Gasteiger partial charge on any atom is -0.233 e. The lowest BCUT2D eigenvalue weighted by molar-refractivity contribution is 0.618. The number of rotatable bonds is 3. The standard InChI is InChI=1S/C15H16ClFN2/c1-9(2)6-12-8-14(16)19-15(18-12)11-4-5-13(17)10(3)7-11/h4-5,7-9H,6H2,1-3H3. The molecule has 1 aromatic heterocycles. The van der Waals surface area contributed by atoms with Gasteiger partial charge in [-0.1, -0.05) is 25.4 Å². The molecule has 0 bridgehead atoms. The molecule has 0 aliphatic heterocycles. The summed E-state index contributed by atoms with van der Waals surface area (Å²) >= 11 is 6.03. The Labute approximate surface area is 117 Å². The monoisotopic (exact) mass is 278 g/mol. The van der Waals surface area contributed by atoms with Crippen molar-refractivity contribution < 1.29 is 4.39 Å². The van der Waals surface area contributed by atoms with E-state index in [0.29, 0.717) is 22.5 Å². The number of aryl methyl sites for hydroxylation is 1. The van der Waals surface area contributed by atoms with Crippen LogP contribution in [-0.4, -0.2) is 9.97 Å². The fourth-order valence-corrected chi connectivity index (χ4v) is 2.11. The number of nitrogens with zero attached hydrogens (tertiary/aromatic N) is 2. The molecule has 0 aliphatic rings. The quantitative estimate of drug-likeness (QED) is 0.776. The second kappa shape index (κ2) is 5.66. The highest BCUT2D eigenvalue weighted by Gasteiger charge is 2.09. The fourth-order valence-electron chi connectivity index (χ4n) is 1.90. The van der Waals surface area contributed by atoms with Crippen LogP contribution in [0.25, 0.3) is 11.4 Å². The Balaban J connectivity index is 2.43. The van der Waals surface area contributed by atoms with Crippen LogP contribution < -0.4 is 0 Å². The summed E-state index contributed by atoms with van der Waals surface area (Å²) in [5.41, 5.74) is 2.27. The largest absolute Gasteiger partial charge is 0.233 e. The lowest BCUT2D eigenvalue weighted by Crippen LogP contribution is -2.01. The maximum atomic E-state index is 13.3. The van der Waals surface area contributed by atoms with Gasteiger partial charge in [0.2, 0.25) is 0 Å². The second-order valence-electron chi connectivity index (χ2n) is 5.07. The number of halogens is 2. The molecule has 2 rings (SSSR count). The Kier molecular flexibility index (Phi) is 4.15. The summed E-state index contributed by atoms with van der Waals surface area (Å²) in [4.78, 5) is 8.71. The molecular formula is C15H16ClFN2. The summed E-state index contributed by atoms with van der Waals surface area (Å²) < 4.78 is 13.3. The van der Waals surface area contributed by atoms with E-state index in [-0.39, 0.29) is 5.82 Å². The van der Waals surface area contributed by atoms with E-state index in [1.165, 1.54) is 6.07 Å². The molecule has 2 aromatic rings. The van der Waals surface area contributed by atoms with Crippen LogP contribution in [-0.2, 0) is 6.42 Å². The topological polar surface area (TPSA) is 25.8 Å². The van der Waals surface area contributed by atoms with Gasteiger partial charge in [0, 0.05) is 11.3 Å². The predicted octanol–water partition coefficient (Wildman–Crippen LogP) is 4.44. The first-order valence-electron chi connectivity index (χ1n) is 6.25. The average molecular weight is 279 g/mol. The molecule has 0 saturated carbocycles. The van der Waals surface area contributed by atoms with Crippen molar-refractivity contribution in [2.75, 3.05) is 0 Å². The fraction of sp³-hybridized carbons (Fsp3) is 0.333. The van der Waals surface area contributed by atoms with E-state index in [2.05, 4.69) is 23.8 Å². The summed E-state index contributed by atoms with van der Waals surface area (Å²) in [7, 11) is 0. The molecular weight excluding hydrogens is 263 g/mol. The first-order valence-corrected chi connectivity index (χ1v) is 6.63. The van der Waals surface area contributed by atoms with Crippen molar-refractivity contribution in [1.29, 1.82) is 0 Å². The summed E-state index contributed by atoms with van der Waals surface area (Å²) in [5.74, 6) is 0.813. The Bertz CT molecular complexity index is 597. The molecule has 0 spiro atoms. The zero-order valence-corrected chi connectivity index (χ0v) is 12.0. The normalized spacial score (nSPS) is 11.1. The molecule has 19 heavy (non-hydrogen) atoms. The van der Waals surface area contributed by atoms with Crippen molar-refractivity contribution in [2.24, 2.45) is 5.92 Å². The van der Waals surface area contributed by atoms with Crippen LogP contribution in [0.2, 0.25) is 5.15 Å². The summed E-state index contributed by atoms with van der Waals surface area (Å²) in [5, 5.41) is 0.419. The van der Waals surface area contributed by atoms with Gasteiger partial charge < -0.3 is 0 Å². The molecule has 0 aliphatic carbocycles. The van der Waals surface area contributed by atoms with Crippen LogP contribution in [0.4, 0.5) is 4.39 Å². The highest BCUT2D eigenvalue weighted by molar-refractivity contribution is 6.29. The Morgan fingerprint density at radius 2 is 1.95 bits per heavy atom. The molecule has 0 saturated heterocycles. The molecule has 0 atom stereocenters. The molecule has 0 radical (unpaired) electrons. The van der Waals surface area contributed by atoms with Gasteiger partial charge in [0.25, 0.3) is 0 Å². The second-order valence-corrected chi connectivity index (χ2v) is 5.45. The van der Waals surface area contributed by atoms with Gasteiger partial charge in [-0.2, -0.15) is 0 Å². The minimum absolute atomic E-state index is 0.229. The number of aromatic nitrogens is 2. The maximum Gasteiger partial charge on any atom is 0.161 e. The van der Waals surface area contributed by atoms with Crippen LogP contribution in [0.5, 0.6) is 0 Å². The van der Waals surface area contributed by atoms with E-state index in [1.54, 1.807) is 25.1 Å². The third-order valence-corrected chi connectivity index (χ3v) is 2.98. The predicted molar refractivity (Wildman–Crippen MR) is 75.7 cm³/mol. The third-order valence-electron chi connectivity index (χ3n) is 2.78. The van der Waals surface area contributed by atoms with Gasteiger partial charge in [-0.25, -0.2) is 14.4 Å². The summed E-state index contributed by atoms with van der Waals surface area (Å²) in [6.07, 6.45) is 0.843. The first-order chi connectivity index (χ1) is 8.95. The van der Waals surface area contributed by atoms with Crippen molar-refractivity contribution >= 4 is 11.6 Å². The Hall–Kier alpha value is -1.48. The van der Waals surface area contributed by atoms with Gasteiger partial charge in [-0.3, -0.25) is 0 Å². The van der Waals surface area contributed by atoms with Gasteiger partial charge in [-0.15, -0.1) is 0 Å². The van der Waals surface area contributed by atoms with E-state index >= 15 is 0 Å². The molecule has 0 unspecified atom stereocenters. The van der Waals surface area contributed by atoms with Crippen molar-refractivity contribution in [2.45, 2.75) is 27.2 Å². The van der Waals surface area contributed by atoms with Crippen LogP contribution in [0.1, 0.15) is 25.1 Å². The van der Waals surface area contributed by atoms with Crippen LogP contribution in [0, 0.1) is 18.7 Å². The number of hydrogen-bond acceptors (Lipinski definition) is 2. The molecule has 0 fully saturated rings. The van der Waals surface area contributed by atoms with Gasteiger partial charge in [0.15, 0.2) is 5.82 Å². The molecule has 0 amide bonds. The van der Waals surface area contributed by atoms with Gasteiger partial charge in [-0.05, 0) is 49.1 Å². The summed E-state index contributed by atoms with van der Waals surface area (Å²) in [6, 6.07) is 6.62. The van der Waals surface area contributed by atoms with E-state index in [1.807, 2.05) is 0 Å². The third kappa shape index (κ3) is 3.51. The number of benzene rings is 1. The Morgan fingerprint density at radius 3 is 2.58 bits per heavy atom.